The molecular weight excluding hydrogens is 480 g/mol. The van der Waals surface area contributed by atoms with Crippen LogP contribution in [0.4, 0.5) is 0 Å². The molecular formula is C29H36N6O3. The van der Waals surface area contributed by atoms with Crippen LogP contribution < -0.4 is 15.0 Å². The Morgan fingerprint density at radius 2 is 1.71 bits per heavy atom. The number of ether oxygens (including phenoxy) is 2. The number of rotatable bonds is 7. The lowest BCUT2D eigenvalue weighted by Crippen LogP contribution is -2.42. The maximum atomic E-state index is 13.6. The molecule has 1 atom stereocenters. The zero-order valence-electron chi connectivity index (χ0n) is 22.8. The number of fused-ring (bicyclic) bond motifs is 1. The van der Waals surface area contributed by atoms with Crippen LogP contribution >= 0.6 is 0 Å². The van der Waals surface area contributed by atoms with Gasteiger partial charge < -0.3 is 14.5 Å². The van der Waals surface area contributed by atoms with Crippen LogP contribution in [0.2, 0.25) is 0 Å². The highest BCUT2D eigenvalue weighted by molar-refractivity contribution is 5.83. The largest absolute Gasteiger partial charge is 0.493 e. The smallest absolute Gasteiger partial charge is 0.253 e. The molecule has 3 heterocycles. The van der Waals surface area contributed by atoms with Crippen LogP contribution in [0.15, 0.2) is 53.3 Å². The molecule has 0 saturated carbocycles. The minimum absolute atomic E-state index is 0.162. The Morgan fingerprint density at radius 1 is 1.03 bits per heavy atom. The zero-order valence-corrected chi connectivity index (χ0v) is 22.8. The molecule has 2 aromatic heterocycles. The first-order chi connectivity index (χ1) is 18.3. The summed E-state index contributed by atoms with van der Waals surface area (Å²) in [6.07, 6.45) is 3.15. The Hall–Kier alpha value is -3.72. The topological polar surface area (TPSA) is 98.2 Å². The number of hydrogen-bond donors (Lipinski definition) is 1. The maximum absolute atomic E-state index is 13.6. The summed E-state index contributed by atoms with van der Waals surface area (Å²) in [7, 11) is 3.19. The molecule has 1 fully saturated rings. The molecule has 0 spiro atoms. The molecule has 5 rings (SSSR count). The molecule has 2 aromatic carbocycles. The van der Waals surface area contributed by atoms with Crippen LogP contribution in [0.3, 0.4) is 0 Å². The summed E-state index contributed by atoms with van der Waals surface area (Å²) in [5.74, 6) is 2.44. The van der Waals surface area contributed by atoms with Gasteiger partial charge in [0.2, 0.25) is 0 Å². The summed E-state index contributed by atoms with van der Waals surface area (Å²) in [6.45, 7) is 7.90. The number of aromatic nitrogens is 5. The molecule has 1 N–H and O–H groups in total. The number of pyridine rings is 1. The third kappa shape index (κ3) is 5.15. The quantitative estimate of drug-likeness (QED) is 0.390. The van der Waals surface area contributed by atoms with E-state index in [0.29, 0.717) is 34.3 Å². The van der Waals surface area contributed by atoms with E-state index in [0.717, 1.165) is 37.7 Å². The van der Waals surface area contributed by atoms with Gasteiger partial charge in [-0.1, -0.05) is 30.3 Å². The predicted octanol–water partition coefficient (Wildman–Crippen LogP) is 4.33. The van der Waals surface area contributed by atoms with Crippen molar-refractivity contribution in [2.75, 3.05) is 27.3 Å². The summed E-state index contributed by atoms with van der Waals surface area (Å²) in [5, 5.41) is 13.7. The highest BCUT2D eigenvalue weighted by Crippen LogP contribution is 2.35. The first kappa shape index (κ1) is 25.9. The summed E-state index contributed by atoms with van der Waals surface area (Å²) in [5.41, 5.74) is 2.17. The number of H-pyrrole nitrogens is 1. The molecule has 9 heteroatoms. The minimum Gasteiger partial charge on any atom is -0.493 e. The van der Waals surface area contributed by atoms with Gasteiger partial charge in [0.25, 0.3) is 5.56 Å². The van der Waals surface area contributed by atoms with Crippen molar-refractivity contribution < 1.29 is 9.47 Å². The third-order valence-electron chi connectivity index (χ3n) is 7.43. The van der Waals surface area contributed by atoms with E-state index >= 15 is 0 Å². The molecule has 38 heavy (non-hydrogen) atoms. The number of piperidine rings is 1. The van der Waals surface area contributed by atoms with Crippen LogP contribution in [-0.2, 0) is 12.0 Å². The van der Waals surface area contributed by atoms with E-state index in [2.05, 4.69) is 76.5 Å². The number of tetrazole rings is 1. The molecule has 1 saturated heterocycles. The molecule has 4 aromatic rings. The maximum Gasteiger partial charge on any atom is 0.253 e. The minimum atomic E-state index is -0.386. The van der Waals surface area contributed by atoms with E-state index in [-0.39, 0.29) is 17.1 Å². The van der Waals surface area contributed by atoms with Crippen LogP contribution in [-0.4, -0.2) is 57.4 Å². The average molecular weight is 517 g/mol. The molecule has 200 valence electrons. The van der Waals surface area contributed by atoms with E-state index in [1.54, 1.807) is 20.3 Å². The van der Waals surface area contributed by atoms with Gasteiger partial charge in [0, 0.05) is 17.0 Å². The second-order valence-corrected chi connectivity index (χ2v) is 11.0. The number of benzene rings is 2. The summed E-state index contributed by atoms with van der Waals surface area (Å²) < 4.78 is 12.8. The molecule has 1 unspecified atom stereocenters. The molecule has 1 aliphatic rings. The number of methoxy groups -OCH3 is 2. The van der Waals surface area contributed by atoms with Crippen molar-refractivity contribution >= 4 is 10.9 Å². The van der Waals surface area contributed by atoms with Gasteiger partial charge in [-0.25, -0.2) is 4.68 Å². The fraction of sp³-hybridized carbons (Fsp3) is 0.448. The molecule has 1 aliphatic heterocycles. The molecule has 0 radical (unpaired) electrons. The van der Waals surface area contributed by atoms with Gasteiger partial charge in [-0.05, 0) is 87.2 Å². The Morgan fingerprint density at radius 3 is 2.37 bits per heavy atom. The Labute approximate surface area is 222 Å². The Bertz CT molecular complexity index is 1450. The van der Waals surface area contributed by atoms with Crippen molar-refractivity contribution in [1.82, 2.24) is 30.1 Å². The number of nitrogens with zero attached hydrogens (tertiary/aromatic N) is 5. The summed E-state index contributed by atoms with van der Waals surface area (Å²) >= 11 is 0. The van der Waals surface area contributed by atoms with Gasteiger partial charge in [-0.15, -0.1) is 5.10 Å². The first-order valence-electron chi connectivity index (χ1n) is 13.1. The summed E-state index contributed by atoms with van der Waals surface area (Å²) in [4.78, 5) is 19.0. The fourth-order valence-corrected chi connectivity index (χ4v) is 5.46. The lowest BCUT2D eigenvalue weighted by Gasteiger charge is -2.37. The van der Waals surface area contributed by atoms with Gasteiger partial charge in [0.1, 0.15) is 6.04 Å². The average Bonchev–Trinajstić information content (AvgIpc) is 3.40. The van der Waals surface area contributed by atoms with Crippen LogP contribution in [0.1, 0.15) is 56.6 Å². The fourth-order valence-electron chi connectivity index (χ4n) is 5.46. The second-order valence-electron chi connectivity index (χ2n) is 11.0. The third-order valence-corrected chi connectivity index (χ3v) is 7.43. The van der Waals surface area contributed by atoms with E-state index in [1.807, 2.05) is 16.8 Å². The number of likely N-dealkylation sites (tertiary alicyclic amines) is 1. The van der Waals surface area contributed by atoms with Crippen molar-refractivity contribution in [3.05, 3.63) is 75.8 Å². The normalized spacial score (nSPS) is 16.0. The van der Waals surface area contributed by atoms with Crippen LogP contribution in [0.5, 0.6) is 11.5 Å². The zero-order chi connectivity index (χ0) is 26.9. The van der Waals surface area contributed by atoms with Crippen molar-refractivity contribution in [2.45, 2.75) is 51.6 Å². The molecule has 0 amide bonds. The summed E-state index contributed by atoms with van der Waals surface area (Å²) in [6, 6.07) is 15.9. The van der Waals surface area contributed by atoms with Crippen LogP contribution in [0.25, 0.3) is 10.9 Å². The van der Waals surface area contributed by atoms with Gasteiger partial charge in [-0.2, -0.15) is 0 Å². The van der Waals surface area contributed by atoms with Gasteiger partial charge >= 0.3 is 0 Å². The standard InChI is InChI=1S/C29H36N6O3/c1-29(2,3)35-27(31-32-33-35)26(34-13-11-20(12-14-34)15-19-9-7-6-8-10-19)22-16-21-17-24(37-4)25(38-5)18-23(21)30-28(22)36/h6-10,16-18,20,26H,11-15H2,1-5H3,(H,30,36). The SMILES string of the molecule is COc1cc2cc(C(c3nnnn3C(C)(C)C)N3CCC(Cc4ccccc4)CC3)c(=O)[nH]c2cc1OC. The highest BCUT2D eigenvalue weighted by Gasteiger charge is 2.35. The van der Waals surface area contributed by atoms with Crippen LogP contribution in [0, 0.1) is 5.92 Å². The first-order valence-corrected chi connectivity index (χ1v) is 13.1. The second kappa shape index (κ2) is 10.6. The Kier molecular flexibility index (Phi) is 7.21. The number of aromatic amines is 1. The van der Waals surface area contributed by atoms with Crippen molar-refractivity contribution in [3.8, 4) is 11.5 Å². The van der Waals surface area contributed by atoms with E-state index in [9.17, 15) is 4.79 Å². The van der Waals surface area contributed by atoms with Crippen molar-refractivity contribution in [2.24, 2.45) is 5.92 Å². The molecule has 0 aliphatic carbocycles. The van der Waals surface area contributed by atoms with Gasteiger partial charge in [0.05, 0.1) is 25.3 Å². The highest BCUT2D eigenvalue weighted by atomic mass is 16.5. The van der Waals surface area contributed by atoms with E-state index in [1.165, 1.54) is 5.56 Å². The van der Waals surface area contributed by atoms with E-state index < -0.39 is 0 Å². The van der Waals surface area contributed by atoms with Crippen molar-refractivity contribution in [3.63, 3.8) is 0 Å². The monoisotopic (exact) mass is 516 g/mol. The number of hydrogen-bond acceptors (Lipinski definition) is 7. The van der Waals surface area contributed by atoms with Gasteiger partial charge in [-0.3, -0.25) is 9.69 Å². The predicted molar refractivity (Wildman–Crippen MR) is 147 cm³/mol. The van der Waals surface area contributed by atoms with Crippen molar-refractivity contribution in [1.29, 1.82) is 0 Å². The van der Waals surface area contributed by atoms with Gasteiger partial charge in [0.15, 0.2) is 17.3 Å². The Balaban J connectivity index is 1.54. The lowest BCUT2D eigenvalue weighted by molar-refractivity contribution is 0.138. The number of nitrogens with one attached hydrogen (secondary N) is 1. The van der Waals surface area contributed by atoms with E-state index in [4.69, 9.17) is 9.47 Å². The lowest BCUT2D eigenvalue weighted by atomic mass is 9.88. The molecule has 0 bridgehead atoms. The molecule has 9 nitrogen and oxygen atoms in total.